The number of urea groups is 1. The Hall–Kier alpha value is -1.34. The van der Waals surface area contributed by atoms with E-state index in [1.54, 1.807) is 6.08 Å². The van der Waals surface area contributed by atoms with Crippen molar-refractivity contribution >= 4 is 20.3 Å². The number of hydrogen-bond acceptors (Lipinski definition) is 3. The largest absolute Gasteiger partial charge is 0.384 e. The third kappa shape index (κ3) is 2.38. The van der Waals surface area contributed by atoms with E-state index >= 15 is 0 Å². The number of nitrogens with zero attached hydrogens (tertiary/aromatic N) is 1. The van der Waals surface area contributed by atoms with Crippen LogP contribution >= 0.6 is 0 Å². The van der Waals surface area contributed by atoms with Gasteiger partial charge in [0.2, 0.25) is 5.72 Å². The van der Waals surface area contributed by atoms with Crippen molar-refractivity contribution in [1.29, 1.82) is 0 Å². The zero-order valence-electron chi connectivity index (χ0n) is 13.6. The number of carbonyl (C=O) groups is 2. The summed E-state index contributed by atoms with van der Waals surface area (Å²) in [6.45, 7) is 12.6. The number of rotatable bonds is 3. The standard InChI is InChI=1S/C14H25N3O3Si/c1-9-7-14(11(15)18,17-8-10(9)16-12(17)19)20-21(5,6)13(2,3)4/h7,10H,8H2,1-6H3,(H2,15,18)(H,16,19). The highest BCUT2D eigenvalue weighted by Gasteiger charge is 2.56. The van der Waals surface area contributed by atoms with Gasteiger partial charge in [-0.2, -0.15) is 0 Å². The molecule has 2 rings (SSSR count). The topological polar surface area (TPSA) is 84.7 Å². The Morgan fingerprint density at radius 3 is 2.57 bits per heavy atom. The van der Waals surface area contributed by atoms with Crippen LogP contribution in [-0.2, 0) is 9.22 Å². The second kappa shape index (κ2) is 4.57. The Balaban J connectivity index is 2.50. The number of carbonyl (C=O) groups excluding carboxylic acids is 2. The highest BCUT2D eigenvalue weighted by molar-refractivity contribution is 6.74. The van der Waals surface area contributed by atoms with Gasteiger partial charge < -0.3 is 15.5 Å². The van der Waals surface area contributed by atoms with Gasteiger partial charge in [-0.1, -0.05) is 20.8 Å². The maximum Gasteiger partial charge on any atom is 0.320 e. The molecular weight excluding hydrogens is 286 g/mol. The summed E-state index contributed by atoms with van der Waals surface area (Å²) in [7, 11) is -2.29. The number of fused-ring (bicyclic) bond motifs is 2. The van der Waals surface area contributed by atoms with Gasteiger partial charge >= 0.3 is 6.03 Å². The quantitative estimate of drug-likeness (QED) is 0.612. The van der Waals surface area contributed by atoms with Crippen LogP contribution < -0.4 is 11.1 Å². The molecule has 0 aromatic heterocycles. The molecule has 1 saturated heterocycles. The highest BCUT2D eigenvalue weighted by Crippen LogP contribution is 2.42. The average Bonchev–Trinajstić information content (AvgIpc) is 2.64. The lowest BCUT2D eigenvalue weighted by atomic mass is 9.98. The van der Waals surface area contributed by atoms with E-state index in [4.69, 9.17) is 10.2 Å². The normalized spacial score (nSPS) is 29.2. The van der Waals surface area contributed by atoms with Gasteiger partial charge in [0.25, 0.3) is 5.91 Å². The van der Waals surface area contributed by atoms with Crippen LogP contribution in [0.4, 0.5) is 4.79 Å². The lowest BCUT2D eigenvalue weighted by Crippen LogP contribution is -2.65. The lowest BCUT2D eigenvalue weighted by Gasteiger charge is -2.47. The summed E-state index contributed by atoms with van der Waals surface area (Å²) in [5.41, 5.74) is 5.10. The monoisotopic (exact) mass is 311 g/mol. The van der Waals surface area contributed by atoms with Gasteiger partial charge in [-0.05, 0) is 36.7 Å². The molecule has 2 atom stereocenters. The van der Waals surface area contributed by atoms with Gasteiger partial charge in [-0.15, -0.1) is 0 Å². The number of nitrogens with one attached hydrogen (secondary N) is 1. The van der Waals surface area contributed by atoms with Gasteiger partial charge in [0.05, 0.1) is 12.6 Å². The third-order valence-corrected chi connectivity index (χ3v) is 9.29. The molecule has 0 spiro atoms. The van der Waals surface area contributed by atoms with Crippen LogP contribution in [-0.4, -0.2) is 43.5 Å². The Kier molecular flexibility index (Phi) is 3.49. The first kappa shape index (κ1) is 16.0. The summed E-state index contributed by atoms with van der Waals surface area (Å²) < 4.78 is 6.32. The van der Waals surface area contributed by atoms with Gasteiger partial charge in [-0.25, -0.2) is 4.79 Å². The predicted octanol–water partition coefficient (Wildman–Crippen LogP) is 1.54. The van der Waals surface area contributed by atoms with Crippen LogP contribution in [0.1, 0.15) is 27.7 Å². The molecule has 0 aromatic rings. The number of hydrogen-bond donors (Lipinski definition) is 2. The minimum absolute atomic E-state index is 0.0620. The summed E-state index contributed by atoms with van der Waals surface area (Å²) in [4.78, 5) is 25.8. The van der Waals surface area contributed by atoms with E-state index in [0.717, 1.165) is 5.57 Å². The Bertz CT molecular complexity index is 524. The van der Waals surface area contributed by atoms with Crippen LogP contribution in [0.2, 0.25) is 18.1 Å². The second-order valence-electron chi connectivity index (χ2n) is 7.42. The molecule has 0 saturated carbocycles. The molecule has 0 aliphatic carbocycles. The van der Waals surface area contributed by atoms with Crippen molar-refractivity contribution in [3.05, 3.63) is 11.6 Å². The van der Waals surface area contributed by atoms with Crippen LogP contribution in [0.15, 0.2) is 11.6 Å². The SMILES string of the molecule is CC1=CC(O[Si](C)(C)C(C)(C)C)(C(N)=O)N2CC1NC2=O. The third-order valence-electron chi connectivity index (χ3n) is 4.85. The van der Waals surface area contributed by atoms with Crippen LogP contribution in [0.25, 0.3) is 0 Å². The molecule has 2 heterocycles. The molecular formula is C14H25N3O3Si. The van der Waals surface area contributed by atoms with E-state index in [2.05, 4.69) is 26.1 Å². The molecule has 0 radical (unpaired) electrons. The summed E-state index contributed by atoms with van der Waals surface area (Å²) in [6.07, 6.45) is 1.71. The number of amides is 3. The van der Waals surface area contributed by atoms with Crippen molar-refractivity contribution in [3.63, 3.8) is 0 Å². The highest BCUT2D eigenvalue weighted by atomic mass is 28.4. The molecule has 2 aliphatic heterocycles. The van der Waals surface area contributed by atoms with E-state index in [0.29, 0.717) is 6.54 Å². The first-order valence-corrected chi connectivity index (χ1v) is 10.1. The number of nitrogens with two attached hydrogens (primary N) is 1. The fourth-order valence-electron chi connectivity index (χ4n) is 2.45. The van der Waals surface area contributed by atoms with Crippen molar-refractivity contribution < 1.29 is 14.0 Å². The molecule has 0 aromatic carbocycles. The fourth-order valence-corrected chi connectivity index (χ4v) is 3.80. The summed E-state index contributed by atoms with van der Waals surface area (Å²) >= 11 is 0. The molecule has 3 N–H and O–H groups in total. The zero-order valence-corrected chi connectivity index (χ0v) is 14.6. The Morgan fingerprint density at radius 1 is 1.52 bits per heavy atom. The minimum atomic E-state index is -2.29. The molecule has 2 aliphatic rings. The summed E-state index contributed by atoms with van der Waals surface area (Å²) in [6, 6.07) is -0.362. The smallest absolute Gasteiger partial charge is 0.320 e. The van der Waals surface area contributed by atoms with E-state index in [1.807, 2.05) is 20.0 Å². The minimum Gasteiger partial charge on any atom is -0.384 e. The van der Waals surface area contributed by atoms with Crippen molar-refractivity contribution in [2.24, 2.45) is 5.73 Å². The maximum atomic E-state index is 12.2. The molecule has 6 nitrogen and oxygen atoms in total. The van der Waals surface area contributed by atoms with Gasteiger partial charge in [-0.3, -0.25) is 9.69 Å². The number of primary amides is 1. The zero-order chi connectivity index (χ0) is 16.2. The van der Waals surface area contributed by atoms with Crippen LogP contribution in [0.3, 0.4) is 0 Å². The molecule has 3 amide bonds. The van der Waals surface area contributed by atoms with Crippen LogP contribution in [0, 0.1) is 0 Å². The van der Waals surface area contributed by atoms with Crippen molar-refractivity contribution in [3.8, 4) is 0 Å². The molecule has 1 fully saturated rings. The van der Waals surface area contributed by atoms with Crippen LogP contribution in [0.5, 0.6) is 0 Å². The van der Waals surface area contributed by atoms with Gasteiger partial charge in [0, 0.05) is 0 Å². The average molecular weight is 311 g/mol. The predicted molar refractivity (Wildman–Crippen MR) is 83.0 cm³/mol. The Labute approximate surface area is 126 Å². The first-order valence-electron chi connectivity index (χ1n) is 7.18. The molecule has 7 heteroatoms. The van der Waals surface area contributed by atoms with E-state index < -0.39 is 19.9 Å². The first-order chi connectivity index (χ1) is 9.41. The maximum absolute atomic E-state index is 12.2. The van der Waals surface area contributed by atoms with Crippen molar-refractivity contribution in [1.82, 2.24) is 10.2 Å². The molecule has 118 valence electrons. The summed E-state index contributed by atoms with van der Waals surface area (Å²) in [5.74, 6) is -0.637. The molecule has 2 unspecified atom stereocenters. The second-order valence-corrected chi connectivity index (χ2v) is 12.1. The summed E-state index contributed by atoms with van der Waals surface area (Å²) in [5, 5.41) is 2.75. The van der Waals surface area contributed by atoms with Crippen molar-refractivity contribution in [2.75, 3.05) is 6.54 Å². The van der Waals surface area contributed by atoms with Crippen molar-refractivity contribution in [2.45, 2.75) is 57.6 Å². The fraction of sp³-hybridized carbons (Fsp3) is 0.714. The van der Waals surface area contributed by atoms with E-state index in [-0.39, 0.29) is 17.1 Å². The molecule has 21 heavy (non-hydrogen) atoms. The Morgan fingerprint density at radius 2 is 2.10 bits per heavy atom. The van der Waals surface area contributed by atoms with Gasteiger partial charge in [0.15, 0.2) is 8.32 Å². The molecule has 2 bridgehead atoms. The van der Waals surface area contributed by atoms with E-state index in [9.17, 15) is 9.59 Å². The van der Waals surface area contributed by atoms with E-state index in [1.165, 1.54) is 4.90 Å². The van der Waals surface area contributed by atoms with Gasteiger partial charge in [0.1, 0.15) is 0 Å². The lowest BCUT2D eigenvalue weighted by molar-refractivity contribution is -0.141.